The van der Waals surface area contributed by atoms with Gasteiger partial charge in [0.25, 0.3) is 0 Å². The smallest absolute Gasteiger partial charge is 0.200 e. The first-order chi connectivity index (χ1) is 39.0. The van der Waals surface area contributed by atoms with E-state index in [1.807, 2.05) is 0 Å². The summed E-state index contributed by atoms with van der Waals surface area (Å²) in [5.41, 5.74) is -2.34. The molecule has 8 aromatic rings. The molecule has 0 unspecified atom stereocenters. The Labute approximate surface area is 462 Å². The lowest BCUT2D eigenvalue weighted by Gasteiger charge is -2.02. The highest BCUT2D eigenvalue weighted by Crippen LogP contribution is 2.24. The highest BCUT2D eigenvalue weighted by Gasteiger charge is 2.23. The topological polar surface area (TPSA) is 0 Å². The Balaban J connectivity index is 0.000000486. The van der Waals surface area contributed by atoms with Gasteiger partial charge >= 0.3 is 0 Å². The summed E-state index contributed by atoms with van der Waals surface area (Å²) in [6.45, 7) is 9.21. The molecule has 29 heteroatoms. The third-order valence-electron chi connectivity index (χ3n) is 10.3. The maximum atomic E-state index is 12.4. The summed E-state index contributed by atoms with van der Waals surface area (Å²) in [6.07, 6.45) is 0. The van der Waals surface area contributed by atoms with E-state index in [4.69, 9.17) is 0 Å². The molecule has 0 nitrogen and oxygen atoms in total. The minimum absolute atomic E-state index is 0.0162. The van der Waals surface area contributed by atoms with Crippen molar-refractivity contribution < 1.29 is 127 Å². The zero-order valence-corrected chi connectivity index (χ0v) is 43.8. The molecular formula is C56H35F29. The van der Waals surface area contributed by atoms with Crippen LogP contribution in [0.3, 0.4) is 0 Å². The molecule has 0 N–H and O–H groups in total. The van der Waals surface area contributed by atoms with E-state index in [2.05, 4.69) is 0 Å². The van der Waals surface area contributed by atoms with Gasteiger partial charge in [0.1, 0.15) is 23.3 Å². The first-order valence-corrected chi connectivity index (χ1v) is 22.3. The molecule has 0 radical (unpaired) electrons. The molecule has 0 aliphatic carbocycles. The number of halogens is 29. The van der Waals surface area contributed by atoms with Crippen molar-refractivity contribution in [3.05, 3.63) is 280 Å². The molecule has 8 aromatic carbocycles. The average molecular weight is 1260 g/mol. The molecule has 85 heavy (non-hydrogen) atoms. The van der Waals surface area contributed by atoms with E-state index in [9.17, 15) is 127 Å². The monoisotopic (exact) mass is 1260 g/mol. The summed E-state index contributed by atoms with van der Waals surface area (Å²) >= 11 is 0. The Morgan fingerprint density at radius 1 is 0.153 bits per heavy atom. The zero-order valence-electron chi connectivity index (χ0n) is 43.8. The first kappa shape index (κ1) is 74.7. The van der Waals surface area contributed by atoms with E-state index in [0.717, 1.165) is 58.0 Å². The summed E-state index contributed by atoms with van der Waals surface area (Å²) in [5, 5.41) is 0. The summed E-state index contributed by atoms with van der Waals surface area (Å²) < 4.78 is 356. The molecule has 8 rings (SSSR count). The van der Waals surface area contributed by atoms with Crippen LogP contribution >= 0.6 is 0 Å². The van der Waals surface area contributed by atoms with Gasteiger partial charge in [-0.15, -0.1) is 0 Å². The number of rotatable bonds is 0. The Kier molecular flexibility index (Phi) is 28.8. The first-order valence-electron chi connectivity index (χ1n) is 22.3. The molecule has 0 spiro atoms. The van der Waals surface area contributed by atoms with E-state index < -0.39 is 185 Å². The van der Waals surface area contributed by atoms with Crippen molar-refractivity contribution in [2.75, 3.05) is 0 Å². The van der Waals surface area contributed by atoms with Crippen molar-refractivity contribution in [1.82, 2.24) is 0 Å². The Bertz CT molecular complexity index is 3140. The van der Waals surface area contributed by atoms with Gasteiger partial charge in [-0.05, 0) is 114 Å². The minimum atomic E-state index is -2.13. The molecule has 0 amide bonds. The number of benzene rings is 8. The second-order valence-electron chi connectivity index (χ2n) is 16.5. The molecule has 0 aromatic heterocycles. The molecule has 0 heterocycles. The van der Waals surface area contributed by atoms with E-state index in [1.54, 1.807) is 0 Å². The van der Waals surface area contributed by atoms with Gasteiger partial charge in [0.05, 0.1) is 0 Å². The molecule has 0 saturated carbocycles. The third-order valence-corrected chi connectivity index (χ3v) is 10.3. The van der Waals surface area contributed by atoms with Crippen molar-refractivity contribution >= 4 is 0 Å². The fourth-order valence-corrected chi connectivity index (χ4v) is 5.31. The van der Waals surface area contributed by atoms with E-state index >= 15 is 0 Å². The minimum Gasteiger partial charge on any atom is -0.207 e. The van der Waals surface area contributed by atoms with Crippen LogP contribution in [-0.2, 0) is 0 Å². The highest BCUT2D eigenvalue weighted by molar-refractivity contribution is 5.25. The lowest BCUT2D eigenvalue weighted by Crippen LogP contribution is -2.03. The van der Waals surface area contributed by atoms with Gasteiger partial charge in [-0.2, -0.15) is 0 Å². The standard InChI is InChI=1S/C7H3F5.3C7H4F4.4C7H5F3/c1-2-3(8)5(10)7(12)6(11)4(2)9;1-3-6(10)4(8)2-5(9)7(3)11;1-3-4(8)2-5(9)7(11)6(3)10;1-3-2-4(8)6(10)7(11)5(3)9;1-4-2-6(9)7(10)3-5(4)8;1-4-2-5(8)3-6(9)7(4)10;1-4-5(8)2-3-6(9)7(4)10;1-4-2-3-5(8)7(10)6(4)9/h1H3;3*2H,1H3;4*2-3H,1H3. The largest absolute Gasteiger partial charge is 0.207 e. The quantitative estimate of drug-likeness (QED) is 0.0806. The molecule has 0 fully saturated rings. The van der Waals surface area contributed by atoms with Gasteiger partial charge in [0, 0.05) is 46.5 Å². The van der Waals surface area contributed by atoms with Crippen molar-refractivity contribution in [1.29, 1.82) is 0 Å². The predicted octanol–water partition coefficient (Wildman–Crippen LogP) is 20.0. The van der Waals surface area contributed by atoms with Crippen molar-refractivity contribution in [2.24, 2.45) is 0 Å². The lowest BCUT2D eigenvalue weighted by atomic mass is 10.2. The van der Waals surface area contributed by atoms with Crippen molar-refractivity contribution in [2.45, 2.75) is 55.4 Å². The molecule has 0 saturated heterocycles. The molecule has 0 aliphatic rings. The number of hydrogen-bond donors (Lipinski definition) is 0. The Morgan fingerprint density at radius 2 is 0.435 bits per heavy atom. The maximum absolute atomic E-state index is 12.4. The van der Waals surface area contributed by atoms with Crippen LogP contribution in [0.15, 0.2) is 66.7 Å². The summed E-state index contributed by atoms with van der Waals surface area (Å²) in [7, 11) is 0. The van der Waals surface area contributed by atoms with Crippen LogP contribution in [0.1, 0.15) is 44.5 Å². The zero-order chi connectivity index (χ0) is 66.1. The van der Waals surface area contributed by atoms with Gasteiger partial charge < -0.3 is 0 Å². The van der Waals surface area contributed by atoms with Crippen molar-refractivity contribution in [3.63, 3.8) is 0 Å². The Morgan fingerprint density at radius 3 is 0.906 bits per heavy atom. The molecule has 462 valence electrons. The molecule has 0 aliphatic heterocycles. The van der Waals surface area contributed by atoms with E-state index in [0.29, 0.717) is 24.3 Å². The number of hydrogen-bond acceptors (Lipinski definition) is 0. The lowest BCUT2D eigenvalue weighted by molar-refractivity contribution is 0.373. The predicted molar refractivity (Wildman–Crippen MR) is 248 cm³/mol. The van der Waals surface area contributed by atoms with Gasteiger partial charge in [-0.3, -0.25) is 0 Å². The third kappa shape index (κ3) is 20.5. The Hall–Kier alpha value is -8.27. The van der Waals surface area contributed by atoms with Crippen LogP contribution in [0.5, 0.6) is 0 Å². The normalized spacial score (nSPS) is 10.2. The van der Waals surface area contributed by atoms with Crippen LogP contribution < -0.4 is 0 Å². The summed E-state index contributed by atoms with van der Waals surface area (Å²) in [4.78, 5) is 0. The molecular weight excluding hydrogens is 1220 g/mol. The summed E-state index contributed by atoms with van der Waals surface area (Å²) in [6, 6.07) is 7.65. The second-order valence-corrected chi connectivity index (χ2v) is 16.5. The maximum Gasteiger partial charge on any atom is 0.200 e. The van der Waals surface area contributed by atoms with Crippen molar-refractivity contribution in [3.8, 4) is 0 Å². The van der Waals surface area contributed by atoms with Crippen LogP contribution in [0.4, 0.5) is 127 Å². The van der Waals surface area contributed by atoms with E-state index in [-0.39, 0.29) is 33.9 Å². The SMILES string of the molecule is Cc1c(F)c(F)c(F)c(F)c1F.Cc1c(F)c(F)cc(F)c1F.Cc1c(F)cc(F)c(F)c1F.Cc1c(F)ccc(F)c1F.Cc1cc(F)c(F)c(F)c1F.Cc1cc(F)c(F)cc1F.Cc1cc(F)cc(F)c1F.Cc1ccc(F)c(F)c1F. The van der Waals surface area contributed by atoms with Gasteiger partial charge in [-0.1, -0.05) is 6.07 Å². The van der Waals surface area contributed by atoms with Crippen LogP contribution in [0.2, 0.25) is 0 Å². The average Bonchev–Trinajstić information content (AvgIpc) is 3.60. The summed E-state index contributed by atoms with van der Waals surface area (Å²) in [5.74, 6) is -39.2. The second kappa shape index (κ2) is 32.7. The van der Waals surface area contributed by atoms with Gasteiger partial charge in [0.15, 0.2) is 140 Å². The highest BCUT2D eigenvalue weighted by atomic mass is 19.2. The van der Waals surface area contributed by atoms with Crippen LogP contribution in [0, 0.1) is 224 Å². The van der Waals surface area contributed by atoms with Gasteiger partial charge in [-0.25, -0.2) is 127 Å². The molecule has 0 bridgehead atoms. The van der Waals surface area contributed by atoms with E-state index in [1.165, 1.54) is 33.8 Å². The van der Waals surface area contributed by atoms with Gasteiger partial charge in [0.2, 0.25) is 5.82 Å². The number of aryl methyl sites for hydroxylation is 4. The van der Waals surface area contributed by atoms with Crippen LogP contribution in [0.25, 0.3) is 0 Å². The fourth-order valence-electron chi connectivity index (χ4n) is 5.31. The fraction of sp³-hybridized carbons (Fsp3) is 0.143. The van der Waals surface area contributed by atoms with Crippen LogP contribution in [-0.4, -0.2) is 0 Å². The molecule has 0 atom stereocenters.